The first-order valence-corrected chi connectivity index (χ1v) is 9.49. The van der Waals surface area contributed by atoms with Crippen LogP contribution in [0.1, 0.15) is 51.8 Å². The Morgan fingerprint density at radius 1 is 1.41 bits per heavy atom. The van der Waals surface area contributed by atoms with Crippen molar-refractivity contribution in [2.75, 3.05) is 13.1 Å². The fourth-order valence-corrected chi connectivity index (χ4v) is 3.55. The number of aliphatic hydroxyl groups is 1. The highest BCUT2D eigenvalue weighted by molar-refractivity contribution is 5.80. The molecular weight excluding hydrogens is 359 g/mol. The van der Waals surface area contributed by atoms with Gasteiger partial charge < -0.3 is 20.3 Å². The Balaban J connectivity index is 2.08. The summed E-state index contributed by atoms with van der Waals surface area (Å²) < 4.78 is 41.8. The molecule has 3 unspecified atom stereocenters. The van der Waals surface area contributed by atoms with E-state index >= 15 is 0 Å². The van der Waals surface area contributed by atoms with Crippen LogP contribution in [0.25, 0.3) is 0 Å². The van der Waals surface area contributed by atoms with E-state index in [-0.39, 0.29) is 12.6 Å². The molecule has 0 saturated heterocycles. The van der Waals surface area contributed by atoms with Gasteiger partial charge in [-0.05, 0) is 25.7 Å². The molecule has 0 bridgehead atoms. The number of imidazole rings is 1. The summed E-state index contributed by atoms with van der Waals surface area (Å²) in [7, 11) is 1.43. The van der Waals surface area contributed by atoms with Crippen LogP contribution < -0.4 is 10.6 Å². The minimum absolute atomic E-state index is 0.180. The van der Waals surface area contributed by atoms with Gasteiger partial charge in [-0.2, -0.15) is 13.2 Å². The number of aliphatic imine (C=N–C) groups is 1. The summed E-state index contributed by atoms with van der Waals surface area (Å²) in [6.45, 7) is 4.53. The summed E-state index contributed by atoms with van der Waals surface area (Å²) in [5, 5.41) is 16.8. The van der Waals surface area contributed by atoms with E-state index in [4.69, 9.17) is 0 Å². The van der Waals surface area contributed by atoms with Crippen molar-refractivity contribution in [3.8, 4) is 0 Å². The number of halogens is 3. The molecule has 27 heavy (non-hydrogen) atoms. The predicted octanol–water partition coefficient (Wildman–Crippen LogP) is 2.69. The summed E-state index contributed by atoms with van der Waals surface area (Å²) in [5.41, 5.74) is -3.04. The lowest BCUT2D eigenvalue weighted by atomic mass is 9.87. The van der Waals surface area contributed by atoms with Crippen molar-refractivity contribution in [3.63, 3.8) is 0 Å². The van der Waals surface area contributed by atoms with E-state index in [1.54, 1.807) is 0 Å². The summed E-state index contributed by atoms with van der Waals surface area (Å²) in [4.78, 5) is 7.97. The van der Waals surface area contributed by atoms with Crippen molar-refractivity contribution in [2.24, 2.45) is 18.0 Å². The highest BCUT2D eigenvalue weighted by Crippen LogP contribution is 2.40. The molecule has 1 aromatic heterocycles. The second-order valence-corrected chi connectivity index (χ2v) is 7.34. The van der Waals surface area contributed by atoms with Crippen molar-refractivity contribution in [1.82, 2.24) is 20.2 Å². The van der Waals surface area contributed by atoms with Crippen LogP contribution in [0.2, 0.25) is 0 Å². The van der Waals surface area contributed by atoms with Gasteiger partial charge in [0.25, 0.3) is 0 Å². The normalized spacial score (nSPS) is 23.7. The first kappa shape index (κ1) is 21.5. The van der Waals surface area contributed by atoms with Crippen LogP contribution in [0, 0.1) is 5.92 Å². The minimum Gasteiger partial charge on any atom is -0.374 e. The van der Waals surface area contributed by atoms with Crippen LogP contribution in [-0.2, 0) is 12.6 Å². The molecule has 3 atom stereocenters. The van der Waals surface area contributed by atoms with Crippen molar-refractivity contribution in [1.29, 1.82) is 0 Å². The lowest BCUT2D eigenvalue weighted by Gasteiger charge is -2.30. The van der Waals surface area contributed by atoms with E-state index in [0.29, 0.717) is 18.4 Å². The van der Waals surface area contributed by atoms with Gasteiger partial charge in [-0.25, -0.2) is 4.98 Å². The van der Waals surface area contributed by atoms with Crippen LogP contribution in [-0.4, -0.2) is 45.9 Å². The topological polar surface area (TPSA) is 74.5 Å². The molecule has 1 aliphatic carbocycles. The first-order valence-electron chi connectivity index (χ1n) is 9.49. The van der Waals surface area contributed by atoms with Crippen LogP contribution >= 0.6 is 0 Å². The van der Waals surface area contributed by atoms with E-state index in [1.165, 1.54) is 30.4 Å². The molecule has 9 heteroatoms. The number of nitrogens with one attached hydrogen (secondary N) is 2. The van der Waals surface area contributed by atoms with E-state index in [0.717, 1.165) is 19.3 Å². The molecule has 1 heterocycles. The fraction of sp³-hybridized carbons (Fsp3) is 0.778. The zero-order valence-electron chi connectivity index (χ0n) is 16.2. The molecule has 154 valence electrons. The molecule has 0 aromatic carbocycles. The zero-order chi connectivity index (χ0) is 20.1. The molecule has 0 amide bonds. The van der Waals surface area contributed by atoms with E-state index in [9.17, 15) is 18.3 Å². The number of aryl methyl sites for hydroxylation is 1. The quantitative estimate of drug-likeness (QED) is 0.517. The highest BCUT2D eigenvalue weighted by atomic mass is 19.4. The summed E-state index contributed by atoms with van der Waals surface area (Å²) in [6, 6.07) is 0.266. The number of hydrogen-bond donors (Lipinski definition) is 3. The Morgan fingerprint density at radius 2 is 2.15 bits per heavy atom. The fourth-order valence-electron chi connectivity index (χ4n) is 3.55. The number of aromatic nitrogens is 2. The molecule has 0 aliphatic heterocycles. The van der Waals surface area contributed by atoms with E-state index in [2.05, 4.69) is 27.5 Å². The monoisotopic (exact) mass is 389 g/mol. The maximum absolute atomic E-state index is 13.6. The zero-order valence-corrected chi connectivity index (χ0v) is 16.2. The summed E-state index contributed by atoms with van der Waals surface area (Å²) >= 11 is 0. The predicted molar refractivity (Wildman–Crippen MR) is 98.3 cm³/mol. The standard InChI is InChI=1S/C18H30F3N5O/c1-4-22-16(25-14-7-5-6-13(2)12-14)24-9-8-17(27,18(19,20)21)15-23-10-11-26(15)3/h10-11,13-14,27H,4-9,12H2,1-3H3,(H2,22,24,25). The number of rotatable bonds is 6. The molecule has 1 aliphatic rings. The second kappa shape index (κ2) is 8.95. The van der Waals surface area contributed by atoms with Gasteiger partial charge >= 0.3 is 6.18 Å². The molecule has 0 radical (unpaired) electrons. The molecule has 1 aromatic rings. The Kier molecular flexibility index (Phi) is 7.13. The smallest absolute Gasteiger partial charge is 0.374 e. The first-order chi connectivity index (χ1) is 12.7. The largest absolute Gasteiger partial charge is 0.424 e. The molecule has 1 fully saturated rings. The van der Waals surface area contributed by atoms with Crippen molar-refractivity contribution >= 4 is 5.96 Å². The molecule has 2 rings (SSSR count). The highest BCUT2D eigenvalue weighted by Gasteiger charge is 2.57. The van der Waals surface area contributed by atoms with Gasteiger partial charge in [-0.3, -0.25) is 4.99 Å². The Labute approximate surface area is 158 Å². The lowest BCUT2D eigenvalue weighted by molar-refractivity contribution is -0.272. The maximum atomic E-state index is 13.6. The lowest BCUT2D eigenvalue weighted by Crippen LogP contribution is -2.46. The number of guanidine groups is 1. The third kappa shape index (κ3) is 5.37. The number of nitrogens with zero attached hydrogens (tertiary/aromatic N) is 3. The molecule has 3 N–H and O–H groups in total. The third-order valence-corrected chi connectivity index (χ3v) is 5.03. The van der Waals surface area contributed by atoms with Gasteiger partial charge in [0.2, 0.25) is 5.60 Å². The van der Waals surface area contributed by atoms with E-state index in [1.807, 2.05) is 6.92 Å². The molecule has 1 saturated carbocycles. The summed E-state index contributed by atoms with van der Waals surface area (Å²) in [5.74, 6) is 0.683. The number of alkyl halides is 3. The van der Waals surface area contributed by atoms with Crippen LogP contribution in [0.4, 0.5) is 13.2 Å². The van der Waals surface area contributed by atoms with Gasteiger partial charge in [-0.15, -0.1) is 0 Å². The maximum Gasteiger partial charge on any atom is 0.424 e. The minimum atomic E-state index is -4.84. The average molecular weight is 389 g/mol. The van der Waals surface area contributed by atoms with Crippen LogP contribution in [0.5, 0.6) is 0 Å². The second-order valence-electron chi connectivity index (χ2n) is 7.34. The van der Waals surface area contributed by atoms with Crippen LogP contribution in [0.15, 0.2) is 17.4 Å². The molecular formula is C18H30F3N5O. The van der Waals surface area contributed by atoms with Crippen molar-refractivity contribution in [2.45, 2.75) is 63.8 Å². The Hall–Kier alpha value is -1.77. The van der Waals surface area contributed by atoms with Gasteiger partial charge in [0, 0.05) is 45.0 Å². The van der Waals surface area contributed by atoms with Gasteiger partial charge in [-0.1, -0.05) is 19.8 Å². The van der Waals surface area contributed by atoms with Gasteiger partial charge in [0.05, 0.1) is 0 Å². The number of hydrogen-bond acceptors (Lipinski definition) is 3. The van der Waals surface area contributed by atoms with Crippen molar-refractivity contribution < 1.29 is 18.3 Å². The molecule has 0 spiro atoms. The van der Waals surface area contributed by atoms with E-state index < -0.39 is 24.0 Å². The SMILES string of the molecule is CCNC(=NCCC(O)(c1nccn1C)C(F)(F)F)NC1CCCC(C)C1. The summed E-state index contributed by atoms with van der Waals surface area (Å²) in [6.07, 6.45) is 1.56. The average Bonchev–Trinajstić information content (AvgIpc) is 3.00. The van der Waals surface area contributed by atoms with Crippen LogP contribution in [0.3, 0.4) is 0 Å². The van der Waals surface area contributed by atoms with Crippen molar-refractivity contribution in [3.05, 3.63) is 18.2 Å². The molecule has 6 nitrogen and oxygen atoms in total. The third-order valence-electron chi connectivity index (χ3n) is 5.03. The van der Waals surface area contributed by atoms with Gasteiger partial charge in [0.15, 0.2) is 5.96 Å². The van der Waals surface area contributed by atoms with Gasteiger partial charge in [0.1, 0.15) is 5.82 Å². The Morgan fingerprint density at radius 3 is 2.70 bits per heavy atom. The Bertz CT molecular complexity index is 631.